The van der Waals surface area contributed by atoms with Gasteiger partial charge in [-0.2, -0.15) is 0 Å². The van der Waals surface area contributed by atoms with Crippen LogP contribution in [0.25, 0.3) is 0 Å². The molecule has 1 amide bonds. The standard InChI is InChI=1S/C30H36N2O8/c1-36-30(35)23-7-5-22(6-8-23)24-17-27(40-28(18-24)37-15-3-2-14-33)29(34)32-12-10-31(11-13-32)19-21-4-9-25-26(16-21)39-20-38-25/h4-9,16-17,24,28,33H,2-3,10-15,18-20H2,1H3/t24-,28+/m0/s1. The van der Waals surface area contributed by atoms with Gasteiger partial charge in [0.25, 0.3) is 5.91 Å². The van der Waals surface area contributed by atoms with Crippen LogP contribution in [0, 0.1) is 0 Å². The maximum atomic E-state index is 13.6. The Kier molecular flexibility index (Phi) is 9.20. The van der Waals surface area contributed by atoms with Crippen molar-refractivity contribution in [3.05, 3.63) is 71.0 Å². The van der Waals surface area contributed by atoms with Crippen LogP contribution in [-0.2, 0) is 25.5 Å². The smallest absolute Gasteiger partial charge is 0.337 e. The molecule has 0 aromatic heterocycles. The summed E-state index contributed by atoms with van der Waals surface area (Å²) in [5.74, 6) is 1.16. The maximum absolute atomic E-state index is 13.6. The topological polar surface area (TPSA) is 107 Å². The second-order valence-electron chi connectivity index (χ2n) is 10.1. The molecular formula is C30H36N2O8. The Hall–Kier alpha value is -3.60. The van der Waals surface area contributed by atoms with Gasteiger partial charge in [0.1, 0.15) is 0 Å². The lowest BCUT2D eigenvalue weighted by Gasteiger charge is -2.36. The van der Waals surface area contributed by atoms with Crippen LogP contribution in [0.5, 0.6) is 11.5 Å². The van der Waals surface area contributed by atoms with E-state index < -0.39 is 12.3 Å². The largest absolute Gasteiger partial charge is 0.465 e. The number of hydrogen-bond donors (Lipinski definition) is 1. The number of unbranched alkanes of at least 4 members (excludes halogenated alkanes) is 1. The first-order valence-corrected chi connectivity index (χ1v) is 13.7. The summed E-state index contributed by atoms with van der Waals surface area (Å²) < 4.78 is 27.7. The highest BCUT2D eigenvalue weighted by Gasteiger charge is 2.32. The SMILES string of the molecule is COC(=O)c1ccc([C@H]2C=C(C(=O)N3CCN(Cc4ccc5c(c4)OCO5)CC3)O[C@@H](OCCCCO)C2)cc1. The summed E-state index contributed by atoms with van der Waals surface area (Å²) >= 11 is 0. The van der Waals surface area contributed by atoms with Gasteiger partial charge >= 0.3 is 5.97 Å². The predicted molar refractivity (Wildman–Crippen MR) is 145 cm³/mol. The van der Waals surface area contributed by atoms with Gasteiger partial charge < -0.3 is 33.7 Å². The summed E-state index contributed by atoms with van der Waals surface area (Å²) in [6.07, 6.45) is 3.16. The van der Waals surface area contributed by atoms with Crippen molar-refractivity contribution in [1.29, 1.82) is 0 Å². The Labute approximate surface area is 234 Å². The van der Waals surface area contributed by atoms with Gasteiger partial charge in [0.15, 0.2) is 17.3 Å². The lowest BCUT2D eigenvalue weighted by molar-refractivity contribution is -0.154. The van der Waals surface area contributed by atoms with Crippen LogP contribution in [0.1, 0.15) is 46.7 Å². The lowest BCUT2D eigenvalue weighted by atomic mass is 9.92. The molecule has 214 valence electrons. The highest BCUT2D eigenvalue weighted by Crippen LogP contribution is 2.34. The molecule has 10 nitrogen and oxygen atoms in total. The Morgan fingerprint density at radius 1 is 1.00 bits per heavy atom. The van der Waals surface area contributed by atoms with E-state index in [0.717, 1.165) is 42.3 Å². The van der Waals surface area contributed by atoms with Crippen LogP contribution in [0.3, 0.4) is 0 Å². The van der Waals surface area contributed by atoms with Crippen molar-refractivity contribution in [2.75, 3.05) is 53.3 Å². The number of carbonyl (C=O) groups excluding carboxylic acids is 2. The highest BCUT2D eigenvalue weighted by atomic mass is 16.7. The minimum atomic E-state index is -0.583. The lowest BCUT2D eigenvalue weighted by Crippen LogP contribution is -2.49. The molecule has 1 fully saturated rings. The summed E-state index contributed by atoms with van der Waals surface area (Å²) in [7, 11) is 1.35. The van der Waals surface area contributed by atoms with Gasteiger partial charge in [0, 0.05) is 51.7 Å². The first-order valence-electron chi connectivity index (χ1n) is 13.7. The number of ether oxygens (including phenoxy) is 5. The molecule has 0 unspecified atom stereocenters. The molecule has 3 heterocycles. The summed E-state index contributed by atoms with van der Waals surface area (Å²) in [6, 6.07) is 13.2. The van der Waals surface area contributed by atoms with Crippen molar-refractivity contribution in [3.8, 4) is 11.5 Å². The van der Waals surface area contributed by atoms with Gasteiger partial charge in [0.05, 0.1) is 19.3 Å². The molecule has 0 radical (unpaired) electrons. The summed E-state index contributed by atoms with van der Waals surface area (Å²) in [6.45, 7) is 4.22. The zero-order valence-electron chi connectivity index (χ0n) is 22.8. The van der Waals surface area contributed by atoms with Gasteiger partial charge in [-0.15, -0.1) is 0 Å². The van der Waals surface area contributed by atoms with Gasteiger partial charge in [-0.05, 0) is 54.3 Å². The number of allylic oxidation sites excluding steroid dienone is 1. The van der Waals surface area contributed by atoms with Crippen molar-refractivity contribution in [1.82, 2.24) is 9.80 Å². The molecule has 0 saturated carbocycles. The number of piperazine rings is 1. The molecule has 0 aliphatic carbocycles. The normalized spacial score (nSPS) is 20.6. The molecule has 1 N–H and O–H groups in total. The molecule has 2 aromatic carbocycles. The first-order chi connectivity index (χ1) is 19.5. The van der Waals surface area contributed by atoms with E-state index in [9.17, 15) is 9.59 Å². The number of rotatable bonds is 10. The number of methoxy groups -OCH3 is 1. The Bertz CT molecular complexity index is 1210. The predicted octanol–water partition coefficient (Wildman–Crippen LogP) is 3.05. The Morgan fingerprint density at radius 2 is 1.77 bits per heavy atom. The van der Waals surface area contributed by atoms with Gasteiger partial charge in [-0.3, -0.25) is 9.69 Å². The molecule has 1 saturated heterocycles. The molecule has 0 bridgehead atoms. The number of carbonyl (C=O) groups is 2. The van der Waals surface area contributed by atoms with Crippen LogP contribution in [0.2, 0.25) is 0 Å². The third kappa shape index (κ3) is 6.75. The third-order valence-electron chi connectivity index (χ3n) is 7.39. The van der Waals surface area contributed by atoms with Crippen molar-refractivity contribution in [3.63, 3.8) is 0 Å². The highest BCUT2D eigenvalue weighted by molar-refractivity contribution is 5.92. The third-order valence-corrected chi connectivity index (χ3v) is 7.39. The Balaban J connectivity index is 1.23. The van der Waals surface area contributed by atoms with Gasteiger partial charge in [0.2, 0.25) is 13.1 Å². The van der Waals surface area contributed by atoms with E-state index in [2.05, 4.69) is 4.90 Å². The van der Waals surface area contributed by atoms with Crippen molar-refractivity contribution in [2.45, 2.75) is 38.0 Å². The van der Waals surface area contributed by atoms with E-state index in [1.807, 2.05) is 41.3 Å². The molecular weight excluding hydrogens is 516 g/mol. The van der Waals surface area contributed by atoms with E-state index in [-0.39, 0.29) is 31.0 Å². The van der Waals surface area contributed by atoms with Crippen LogP contribution >= 0.6 is 0 Å². The zero-order chi connectivity index (χ0) is 27.9. The minimum absolute atomic E-state index is 0.105. The van der Waals surface area contributed by atoms with Crippen molar-refractivity contribution < 1.29 is 38.4 Å². The molecule has 3 aliphatic rings. The minimum Gasteiger partial charge on any atom is -0.465 e. The van der Waals surface area contributed by atoms with Crippen LogP contribution in [-0.4, -0.2) is 86.4 Å². The van der Waals surface area contributed by atoms with Crippen LogP contribution in [0.15, 0.2) is 54.3 Å². The molecule has 2 aromatic rings. The molecule has 5 rings (SSSR count). The van der Waals surface area contributed by atoms with Crippen LogP contribution < -0.4 is 9.47 Å². The molecule has 3 aliphatic heterocycles. The first kappa shape index (κ1) is 27.9. The second-order valence-corrected chi connectivity index (χ2v) is 10.1. The number of fused-ring (bicyclic) bond motifs is 1. The van der Waals surface area contributed by atoms with E-state index >= 15 is 0 Å². The fourth-order valence-electron chi connectivity index (χ4n) is 5.12. The van der Waals surface area contributed by atoms with E-state index in [0.29, 0.717) is 44.5 Å². The summed E-state index contributed by atoms with van der Waals surface area (Å²) in [5, 5.41) is 9.08. The quantitative estimate of drug-likeness (QED) is 0.352. The average molecular weight is 553 g/mol. The number of amides is 1. The van der Waals surface area contributed by atoms with Gasteiger partial charge in [-0.1, -0.05) is 18.2 Å². The van der Waals surface area contributed by atoms with E-state index in [1.54, 1.807) is 12.1 Å². The summed E-state index contributed by atoms with van der Waals surface area (Å²) in [4.78, 5) is 29.6. The monoisotopic (exact) mass is 552 g/mol. The average Bonchev–Trinajstić information content (AvgIpc) is 3.47. The summed E-state index contributed by atoms with van der Waals surface area (Å²) in [5.41, 5.74) is 2.57. The Morgan fingerprint density at radius 3 is 2.52 bits per heavy atom. The number of benzene rings is 2. The van der Waals surface area contributed by atoms with Crippen molar-refractivity contribution >= 4 is 11.9 Å². The van der Waals surface area contributed by atoms with Gasteiger partial charge in [-0.25, -0.2) is 4.79 Å². The number of hydrogen-bond acceptors (Lipinski definition) is 9. The van der Waals surface area contributed by atoms with E-state index in [1.165, 1.54) is 7.11 Å². The maximum Gasteiger partial charge on any atom is 0.337 e. The molecule has 2 atom stereocenters. The number of aliphatic hydroxyl groups is 1. The molecule has 40 heavy (non-hydrogen) atoms. The second kappa shape index (κ2) is 13.2. The number of aliphatic hydroxyl groups excluding tert-OH is 1. The molecule has 10 heteroatoms. The van der Waals surface area contributed by atoms with Crippen molar-refractivity contribution in [2.24, 2.45) is 0 Å². The fraction of sp³-hybridized carbons (Fsp3) is 0.467. The fourth-order valence-corrected chi connectivity index (χ4v) is 5.12. The van der Waals surface area contributed by atoms with Crippen LogP contribution in [0.4, 0.5) is 0 Å². The number of nitrogens with zero attached hydrogens (tertiary/aromatic N) is 2. The van der Waals surface area contributed by atoms with E-state index in [4.69, 9.17) is 28.8 Å². The molecule has 0 spiro atoms. The zero-order valence-corrected chi connectivity index (χ0v) is 22.8. The number of esters is 1.